The topological polar surface area (TPSA) is 104 Å². The van der Waals surface area contributed by atoms with Gasteiger partial charge in [-0.15, -0.1) is 0 Å². The molecule has 3 heterocycles. The van der Waals surface area contributed by atoms with E-state index in [0.717, 1.165) is 0 Å². The lowest BCUT2D eigenvalue weighted by molar-refractivity contribution is -0.187. The summed E-state index contributed by atoms with van der Waals surface area (Å²) >= 11 is 6.31. The number of carbonyl (C=O) groups excluding carboxylic acids is 1. The molecular formula is C25H17ClF2N6O3. The summed E-state index contributed by atoms with van der Waals surface area (Å²) < 4.78 is 40.6. The monoisotopic (exact) mass is 522 g/mol. The maximum atomic E-state index is 14.3. The summed E-state index contributed by atoms with van der Waals surface area (Å²) in [5.41, 5.74) is 1.69. The Kier molecular flexibility index (Phi) is 6.60. The van der Waals surface area contributed by atoms with Crippen LogP contribution in [0.15, 0.2) is 85.3 Å². The minimum absolute atomic E-state index is 0.0906. The van der Waals surface area contributed by atoms with Crippen molar-refractivity contribution in [3.63, 3.8) is 0 Å². The number of imidazole rings is 1. The first kappa shape index (κ1) is 24.1. The third-order valence-corrected chi connectivity index (χ3v) is 5.31. The van der Waals surface area contributed by atoms with Gasteiger partial charge in [0.2, 0.25) is 0 Å². The molecule has 0 fully saturated rings. The quantitative estimate of drug-likeness (QED) is 0.304. The number of hydrogen-bond donors (Lipinski definition) is 1. The molecule has 0 aliphatic rings. The van der Waals surface area contributed by atoms with E-state index in [9.17, 15) is 13.6 Å². The van der Waals surface area contributed by atoms with Crippen LogP contribution in [0, 0.1) is 0 Å². The van der Waals surface area contributed by atoms with Crippen LogP contribution in [-0.4, -0.2) is 36.5 Å². The van der Waals surface area contributed by atoms with E-state index in [4.69, 9.17) is 16.3 Å². The fourth-order valence-electron chi connectivity index (χ4n) is 3.42. The van der Waals surface area contributed by atoms with Gasteiger partial charge in [0.15, 0.2) is 5.82 Å². The molecule has 9 nitrogen and oxygen atoms in total. The Bertz CT molecular complexity index is 1560. The Morgan fingerprint density at radius 2 is 1.78 bits per heavy atom. The van der Waals surface area contributed by atoms with Crippen LogP contribution in [0.3, 0.4) is 0 Å². The van der Waals surface area contributed by atoms with Gasteiger partial charge in [0.25, 0.3) is 0 Å². The average molecular weight is 523 g/mol. The number of para-hydroxylation sites is 3. The largest absolute Gasteiger partial charge is 0.482 e. The van der Waals surface area contributed by atoms with Crippen LogP contribution in [0.2, 0.25) is 5.02 Å². The summed E-state index contributed by atoms with van der Waals surface area (Å²) in [5, 5.41) is 2.36. The van der Waals surface area contributed by atoms with E-state index < -0.39 is 12.0 Å². The molecule has 186 valence electrons. The van der Waals surface area contributed by atoms with E-state index in [1.54, 1.807) is 28.8 Å². The highest BCUT2D eigenvalue weighted by Crippen LogP contribution is 2.29. The fourth-order valence-corrected chi connectivity index (χ4v) is 3.61. The zero-order valence-electron chi connectivity index (χ0n) is 18.9. The third kappa shape index (κ3) is 5.31. The molecule has 0 atom stereocenters. The molecule has 0 saturated heterocycles. The third-order valence-electron chi connectivity index (χ3n) is 5.04. The molecule has 2 aromatic carbocycles. The second-order valence-corrected chi connectivity index (χ2v) is 8.01. The van der Waals surface area contributed by atoms with E-state index >= 15 is 0 Å². The van der Waals surface area contributed by atoms with Gasteiger partial charge in [-0.05, 0) is 36.4 Å². The van der Waals surface area contributed by atoms with Gasteiger partial charge < -0.3 is 14.8 Å². The van der Waals surface area contributed by atoms with Gasteiger partial charge in [-0.2, -0.15) is 13.8 Å². The Morgan fingerprint density at radius 1 is 1.00 bits per heavy atom. The van der Waals surface area contributed by atoms with Crippen molar-refractivity contribution in [1.29, 1.82) is 0 Å². The van der Waals surface area contributed by atoms with Gasteiger partial charge in [0.05, 0.1) is 22.9 Å². The van der Waals surface area contributed by atoms with Crippen molar-refractivity contribution in [2.24, 2.45) is 0 Å². The maximum absolute atomic E-state index is 14.3. The number of benzene rings is 2. The first-order valence-electron chi connectivity index (χ1n) is 10.9. The van der Waals surface area contributed by atoms with Crippen LogP contribution in [0.5, 0.6) is 11.8 Å². The van der Waals surface area contributed by atoms with Gasteiger partial charge >= 0.3 is 18.0 Å². The predicted molar refractivity (Wildman–Crippen MR) is 131 cm³/mol. The Morgan fingerprint density at radius 3 is 2.59 bits per heavy atom. The number of rotatable bonds is 8. The van der Waals surface area contributed by atoms with Crippen molar-refractivity contribution in [2.45, 2.75) is 12.7 Å². The summed E-state index contributed by atoms with van der Waals surface area (Å²) in [6.45, 7) is -0.0906. The summed E-state index contributed by atoms with van der Waals surface area (Å²) in [6.07, 6.45) is -1.31. The summed E-state index contributed by atoms with van der Waals surface area (Å²) in [4.78, 5) is 29.0. The number of carbonyl (C=O) groups is 1. The lowest BCUT2D eigenvalue weighted by Crippen LogP contribution is -2.40. The number of alkyl halides is 2. The second kappa shape index (κ2) is 10.2. The van der Waals surface area contributed by atoms with Crippen molar-refractivity contribution < 1.29 is 23.0 Å². The van der Waals surface area contributed by atoms with Crippen LogP contribution < -0.4 is 14.8 Å². The van der Waals surface area contributed by atoms with Crippen LogP contribution in [0.25, 0.3) is 16.9 Å². The van der Waals surface area contributed by atoms with Gasteiger partial charge in [0.1, 0.15) is 29.5 Å². The normalized spacial score (nSPS) is 11.3. The fraction of sp³-hybridized carbons (Fsp3) is 0.0800. The molecule has 0 aliphatic heterocycles. The molecule has 0 saturated carbocycles. The number of ether oxygens (including phenoxy) is 2. The molecule has 0 bridgehead atoms. The molecule has 0 unspecified atom stereocenters. The molecular weight excluding hydrogens is 506 g/mol. The number of amides is 1. The van der Waals surface area contributed by atoms with Crippen molar-refractivity contribution in [3.05, 3.63) is 96.0 Å². The highest BCUT2D eigenvalue weighted by Gasteiger charge is 2.42. The first-order valence-corrected chi connectivity index (χ1v) is 11.2. The lowest BCUT2D eigenvalue weighted by atomic mass is 10.3. The molecule has 5 rings (SSSR count). The van der Waals surface area contributed by atoms with E-state index in [1.165, 1.54) is 42.9 Å². The molecule has 1 amide bonds. The maximum Gasteiger partial charge on any atom is 0.482 e. The molecule has 0 spiro atoms. The molecule has 37 heavy (non-hydrogen) atoms. The number of aromatic nitrogens is 5. The number of anilines is 1. The lowest BCUT2D eigenvalue weighted by Gasteiger charge is -2.17. The van der Waals surface area contributed by atoms with Gasteiger partial charge in [0, 0.05) is 0 Å². The smallest absolute Gasteiger partial charge is 0.458 e. The van der Waals surface area contributed by atoms with E-state index in [2.05, 4.69) is 30.0 Å². The first-order chi connectivity index (χ1) is 17.9. The summed E-state index contributed by atoms with van der Waals surface area (Å²) in [6, 6.07) is 19.3. The Labute approximate surface area is 213 Å². The van der Waals surface area contributed by atoms with Gasteiger partial charge in [-0.25, -0.2) is 19.5 Å². The molecule has 0 aliphatic carbocycles. The van der Waals surface area contributed by atoms with Gasteiger partial charge in [-0.1, -0.05) is 48.0 Å². The zero-order chi connectivity index (χ0) is 25.8. The van der Waals surface area contributed by atoms with Crippen LogP contribution in [-0.2, 0) is 11.4 Å². The number of hydrogen-bond acceptors (Lipinski definition) is 7. The predicted octanol–water partition coefficient (Wildman–Crippen LogP) is 5.05. The van der Waals surface area contributed by atoms with Crippen LogP contribution >= 0.6 is 11.6 Å². The number of fused-ring (bicyclic) bond motifs is 1. The van der Waals surface area contributed by atoms with Crippen molar-refractivity contribution >= 4 is 34.4 Å². The number of halogens is 3. The van der Waals surface area contributed by atoms with Crippen molar-refractivity contribution in [1.82, 2.24) is 24.5 Å². The average Bonchev–Trinajstić information content (AvgIpc) is 3.26. The zero-order valence-corrected chi connectivity index (χ0v) is 19.6. The highest BCUT2D eigenvalue weighted by molar-refractivity contribution is 6.32. The molecule has 12 heteroatoms. The highest BCUT2D eigenvalue weighted by atomic mass is 35.5. The van der Waals surface area contributed by atoms with Crippen molar-refractivity contribution in [3.8, 4) is 17.6 Å². The second-order valence-electron chi connectivity index (χ2n) is 7.60. The molecule has 0 radical (unpaired) electrons. The Hall–Kier alpha value is -4.64. The van der Waals surface area contributed by atoms with Crippen LogP contribution in [0.1, 0.15) is 5.69 Å². The Balaban J connectivity index is 1.33. The number of pyridine rings is 1. The summed E-state index contributed by atoms with van der Waals surface area (Å²) in [5.74, 6) is -1.55. The minimum atomic E-state index is -4.11. The van der Waals surface area contributed by atoms with Crippen molar-refractivity contribution in [2.75, 3.05) is 5.32 Å². The van der Waals surface area contributed by atoms with E-state index in [0.29, 0.717) is 22.5 Å². The molecule has 3 aromatic heterocycles. The van der Waals surface area contributed by atoms with Crippen LogP contribution in [0.4, 0.5) is 14.6 Å². The van der Waals surface area contributed by atoms with Gasteiger partial charge in [-0.3, -0.25) is 4.79 Å². The molecule has 5 aromatic rings. The van der Waals surface area contributed by atoms with E-state index in [1.807, 2.05) is 18.2 Å². The standard InChI is InChI=1S/C25H17ClF2N6O3/c26-18-13-29-15-30-22(18)34-20-11-5-4-10-19(20)32-24(34)36-14-16-7-6-12-21(31-16)33-23(35)25(27,28)37-17-8-2-1-3-9-17/h1-13,15H,14H2,(H,31,33,35). The van der Waals surface area contributed by atoms with E-state index in [-0.39, 0.29) is 29.2 Å². The SMILES string of the molecule is O=C(Nc1cccc(COc2nc3ccccc3n2-c2ncncc2Cl)n1)C(F)(F)Oc1ccccc1. The number of nitrogens with one attached hydrogen (secondary N) is 1. The molecule has 1 N–H and O–H groups in total. The minimum Gasteiger partial charge on any atom is -0.458 e. The summed E-state index contributed by atoms with van der Waals surface area (Å²) in [7, 11) is 0. The number of nitrogens with zero attached hydrogens (tertiary/aromatic N) is 5.